The molecule has 8 nitrogen and oxygen atoms in total. The van der Waals surface area contributed by atoms with E-state index in [2.05, 4.69) is 4.90 Å². The zero-order valence-corrected chi connectivity index (χ0v) is 19.4. The van der Waals surface area contributed by atoms with Gasteiger partial charge in [0.2, 0.25) is 0 Å². The van der Waals surface area contributed by atoms with E-state index in [-0.39, 0.29) is 23.7 Å². The second-order valence-corrected chi connectivity index (χ2v) is 9.74. The summed E-state index contributed by atoms with van der Waals surface area (Å²) in [6, 6.07) is 12.8. The maximum atomic E-state index is 14.9. The molecule has 33 heavy (non-hydrogen) atoms. The van der Waals surface area contributed by atoms with Gasteiger partial charge in [0.1, 0.15) is 5.82 Å². The van der Waals surface area contributed by atoms with E-state index in [0.717, 1.165) is 34.0 Å². The lowest BCUT2D eigenvalue weighted by molar-refractivity contribution is -0.131. The Kier molecular flexibility index (Phi) is 7.43. The van der Waals surface area contributed by atoms with Crippen LogP contribution in [0.4, 0.5) is 4.39 Å². The molecule has 0 aliphatic rings. The van der Waals surface area contributed by atoms with E-state index in [0.29, 0.717) is 0 Å². The maximum Gasteiger partial charge on any atom is 0.264 e. The quantitative estimate of drug-likeness (QED) is 0.262. The lowest BCUT2D eigenvalue weighted by Gasteiger charge is -2.23. The number of carbonyl (C=O) groups is 1. The first-order valence-corrected chi connectivity index (χ1v) is 11.3. The van der Waals surface area contributed by atoms with Crippen molar-refractivity contribution in [2.45, 2.75) is 31.2 Å². The predicted octanol–water partition coefficient (Wildman–Crippen LogP) is 2.75. The first-order valence-electron chi connectivity index (χ1n) is 10.2. The highest BCUT2D eigenvalue weighted by atomic mass is 32.2. The second-order valence-electron chi connectivity index (χ2n) is 8.34. The summed E-state index contributed by atoms with van der Waals surface area (Å²) in [5, 5.41) is 9.17. The number of nitrogens with one attached hydrogen (secondary N) is 1. The highest BCUT2D eigenvalue weighted by Gasteiger charge is 2.39. The van der Waals surface area contributed by atoms with Gasteiger partial charge in [-0.15, -0.1) is 0 Å². The summed E-state index contributed by atoms with van der Waals surface area (Å²) < 4.78 is 35.2. The molecule has 1 heterocycles. The number of rotatable bonds is 8. The van der Waals surface area contributed by atoms with E-state index in [4.69, 9.17) is 5.21 Å². The summed E-state index contributed by atoms with van der Waals surface area (Å²) in [4.78, 5) is 26.8. The fraction of sp³-hybridized carbons (Fsp3) is 0.304. The Bertz CT molecular complexity index is 1260. The van der Waals surface area contributed by atoms with Crippen molar-refractivity contribution in [3.8, 4) is 11.1 Å². The molecule has 0 saturated heterocycles. The molecule has 2 aromatic carbocycles. The number of hydrogen-bond donors (Lipinski definition) is 3. The standard InChI is InChI=1S/C23H26FN3O5S/c1-23(33(31)32,22(29)25-30)10-11-27-14-20(24)19-12-17(8-9-18(19)21(27)28)16-6-4-15(5-7-16)13-26(2)3/h4-9,12,14,30H,10-11,13H2,1-3H3,(H,25,29)(H,31,32). The number of fused-ring (bicyclic) bond motifs is 1. The second kappa shape index (κ2) is 9.92. The van der Waals surface area contributed by atoms with Gasteiger partial charge in [0.25, 0.3) is 11.5 Å². The number of amides is 1. The highest BCUT2D eigenvalue weighted by Crippen LogP contribution is 2.26. The van der Waals surface area contributed by atoms with Crippen LogP contribution in [0.5, 0.6) is 0 Å². The monoisotopic (exact) mass is 475 g/mol. The molecule has 10 heteroatoms. The molecular weight excluding hydrogens is 449 g/mol. The van der Waals surface area contributed by atoms with Gasteiger partial charge < -0.3 is 14.0 Å². The third-order valence-corrected chi connectivity index (χ3v) is 6.78. The number of benzene rings is 2. The topological polar surface area (TPSA) is 112 Å². The van der Waals surface area contributed by atoms with E-state index < -0.39 is 33.1 Å². The van der Waals surface area contributed by atoms with Crippen LogP contribution in [0.1, 0.15) is 18.9 Å². The molecule has 0 saturated carbocycles. The van der Waals surface area contributed by atoms with Crippen LogP contribution >= 0.6 is 0 Å². The molecule has 1 aromatic heterocycles. The lowest BCUT2D eigenvalue weighted by atomic mass is 10.0. The summed E-state index contributed by atoms with van der Waals surface area (Å²) in [6.07, 6.45) is 0.747. The van der Waals surface area contributed by atoms with Gasteiger partial charge >= 0.3 is 0 Å². The van der Waals surface area contributed by atoms with Gasteiger partial charge in [0, 0.05) is 24.7 Å². The largest absolute Gasteiger partial charge is 0.312 e. The van der Waals surface area contributed by atoms with Crippen molar-refractivity contribution in [2.24, 2.45) is 0 Å². The molecule has 3 aromatic rings. The normalized spacial score (nSPS) is 14.3. The summed E-state index contributed by atoms with van der Waals surface area (Å²) >= 11 is -2.63. The summed E-state index contributed by atoms with van der Waals surface area (Å²) in [5.41, 5.74) is 3.66. The van der Waals surface area contributed by atoms with E-state index in [1.807, 2.05) is 38.4 Å². The Morgan fingerprint density at radius 2 is 1.79 bits per heavy atom. The van der Waals surface area contributed by atoms with E-state index in [9.17, 15) is 22.7 Å². The van der Waals surface area contributed by atoms with Crippen molar-refractivity contribution in [3.05, 3.63) is 70.4 Å². The van der Waals surface area contributed by atoms with Gasteiger partial charge in [-0.1, -0.05) is 30.3 Å². The molecule has 3 rings (SSSR count). The molecular formula is C23H26FN3O5S. The number of pyridine rings is 1. The molecule has 3 N–H and O–H groups in total. The number of carbonyl (C=O) groups excluding carboxylic acids is 1. The Hall–Kier alpha value is -2.92. The smallest absolute Gasteiger partial charge is 0.264 e. The van der Waals surface area contributed by atoms with Crippen LogP contribution in [0, 0.1) is 5.82 Å². The van der Waals surface area contributed by atoms with Crippen molar-refractivity contribution in [2.75, 3.05) is 14.1 Å². The Morgan fingerprint density at radius 3 is 2.36 bits per heavy atom. The first kappa shape index (κ1) is 24.7. The van der Waals surface area contributed by atoms with E-state index in [1.54, 1.807) is 18.2 Å². The molecule has 2 unspecified atom stereocenters. The van der Waals surface area contributed by atoms with Gasteiger partial charge in [-0.05, 0) is 56.3 Å². The average molecular weight is 476 g/mol. The van der Waals surface area contributed by atoms with Gasteiger partial charge in [-0.3, -0.25) is 14.8 Å². The minimum absolute atomic E-state index is 0.154. The van der Waals surface area contributed by atoms with Crippen LogP contribution in [0.25, 0.3) is 21.9 Å². The first-order chi connectivity index (χ1) is 15.6. The highest BCUT2D eigenvalue weighted by molar-refractivity contribution is 7.81. The van der Waals surface area contributed by atoms with E-state index in [1.165, 1.54) is 12.4 Å². The fourth-order valence-corrected chi connectivity index (χ4v) is 4.06. The van der Waals surface area contributed by atoms with Crippen LogP contribution in [0.2, 0.25) is 0 Å². The number of nitrogens with zero attached hydrogens (tertiary/aromatic N) is 2. The summed E-state index contributed by atoms with van der Waals surface area (Å²) in [5.74, 6) is -1.70. The van der Waals surface area contributed by atoms with Crippen molar-refractivity contribution in [3.63, 3.8) is 0 Å². The average Bonchev–Trinajstić information content (AvgIpc) is 2.79. The van der Waals surface area contributed by atoms with Gasteiger partial charge in [0.15, 0.2) is 15.8 Å². The predicted molar refractivity (Wildman–Crippen MR) is 125 cm³/mol. The minimum Gasteiger partial charge on any atom is -0.312 e. The third-order valence-electron chi connectivity index (χ3n) is 5.62. The van der Waals surface area contributed by atoms with E-state index >= 15 is 0 Å². The zero-order chi connectivity index (χ0) is 24.3. The Morgan fingerprint density at radius 1 is 1.15 bits per heavy atom. The summed E-state index contributed by atoms with van der Waals surface area (Å²) in [6.45, 7) is 1.78. The Balaban J connectivity index is 1.93. The van der Waals surface area contributed by atoms with Crippen molar-refractivity contribution < 1.29 is 23.2 Å². The molecule has 2 atom stereocenters. The summed E-state index contributed by atoms with van der Waals surface area (Å²) in [7, 11) is 3.97. The van der Waals surface area contributed by atoms with Gasteiger partial charge in [-0.2, -0.15) is 0 Å². The number of halogens is 1. The van der Waals surface area contributed by atoms with Gasteiger partial charge in [0.05, 0.1) is 5.39 Å². The van der Waals surface area contributed by atoms with Crippen LogP contribution in [0.15, 0.2) is 53.5 Å². The Labute approximate surface area is 192 Å². The van der Waals surface area contributed by atoms with Crippen LogP contribution in [-0.4, -0.2) is 48.2 Å². The molecule has 0 bridgehead atoms. The number of aromatic nitrogens is 1. The number of aryl methyl sites for hydroxylation is 1. The fourth-order valence-electron chi connectivity index (χ4n) is 3.59. The lowest BCUT2D eigenvalue weighted by Crippen LogP contribution is -2.47. The molecule has 1 amide bonds. The van der Waals surface area contributed by atoms with Crippen molar-refractivity contribution >= 4 is 27.8 Å². The molecule has 0 spiro atoms. The van der Waals surface area contributed by atoms with Crippen LogP contribution in [-0.2, 0) is 29.0 Å². The third kappa shape index (κ3) is 5.19. The van der Waals surface area contributed by atoms with Crippen LogP contribution < -0.4 is 11.0 Å². The SMILES string of the molecule is CN(C)Cc1ccc(-c2ccc3c(=O)n(CCC(C)(C(=O)NO)S(=O)O)cc(F)c3c2)cc1. The number of hydrogen-bond acceptors (Lipinski definition) is 5. The number of hydroxylamine groups is 1. The van der Waals surface area contributed by atoms with Gasteiger partial charge in [-0.25, -0.2) is 14.1 Å². The molecule has 0 radical (unpaired) electrons. The molecule has 176 valence electrons. The minimum atomic E-state index is -2.63. The zero-order valence-electron chi connectivity index (χ0n) is 18.5. The molecule has 0 fully saturated rings. The molecule has 0 aliphatic carbocycles. The van der Waals surface area contributed by atoms with Crippen LogP contribution in [0.3, 0.4) is 0 Å². The maximum absolute atomic E-state index is 14.9. The van der Waals surface area contributed by atoms with Crippen molar-refractivity contribution in [1.29, 1.82) is 0 Å². The van der Waals surface area contributed by atoms with Crippen molar-refractivity contribution in [1.82, 2.24) is 14.9 Å². The molecule has 0 aliphatic heterocycles.